The second-order valence-corrected chi connectivity index (χ2v) is 12.0. The summed E-state index contributed by atoms with van der Waals surface area (Å²) in [6, 6.07) is 4.94. The van der Waals surface area contributed by atoms with Crippen molar-refractivity contribution in [1.29, 1.82) is 0 Å². The van der Waals surface area contributed by atoms with Crippen molar-refractivity contribution in [1.82, 2.24) is 4.31 Å². The number of hydrogen-bond acceptors (Lipinski definition) is 6. The maximum absolute atomic E-state index is 13.1. The van der Waals surface area contributed by atoms with Crippen LogP contribution in [0.25, 0.3) is 0 Å². The summed E-state index contributed by atoms with van der Waals surface area (Å²) in [5, 5.41) is 0. The number of esters is 1. The van der Waals surface area contributed by atoms with Crippen LogP contribution in [0.1, 0.15) is 52.5 Å². The SMILES string of the molecule is CCOC(=O)CCCN(C)S(=O)(=O)c1ccc2c(c1)C(C)(C)C(C)=[N+]2CCCS(=O)(=O)O. The van der Waals surface area contributed by atoms with E-state index < -0.39 is 25.6 Å². The molecule has 0 atom stereocenters. The van der Waals surface area contributed by atoms with Gasteiger partial charge in [0.05, 0.1) is 22.7 Å². The minimum atomic E-state index is -4.04. The van der Waals surface area contributed by atoms with Gasteiger partial charge in [-0.05, 0) is 39.3 Å². The van der Waals surface area contributed by atoms with Gasteiger partial charge < -0.3 is 4.74 Å². The van der Waals surface area contributed by atoms with Crippen LogP contribution in [0, 0.1) is 0 Å². The Bertz CT molecular complexity index is 1110. The van der Waals surface area contributed by atoms with Gasteiger partial charge in [0, 0.05) is 45.0 Å². The highest BCUT2D eigenvalue weighted by Gasteiger charge is 2.43. The van der Waals surface area contributed by atoms with Gasteiger partial charge in [-0.1, -0.05) is 0 Å². The van der Waals surface area contributed by atoms with Crippen molar-refractivity contribution >= 4 is 37.5 Å². The van der Waals surface area contributed by atoms with Crippen molar-refractivity contribution in [2.75, 3.05) is 32.5 Å². The van der Waals surface area contributed by atoms with E-state index in [1.54, 1.807) is 25.1 Å². The van der Waals surface area contributed by atoms with Crippen LogP contribution in [0.15, 0.2) is 23.1 Å². The smallest absolute Gasteiger partial charge is 0.305 e. The first-order chi connectivity index (χ1) is 14.7. The van der Waals surface area contributed by atoms with Crippen LogP contribution in [0.4, 0.5) is 5.69 Å². The molecule has 1 aromatic carbocycles. The van der Waals surface area contributed by atoms with E-state index in [1.807, 2.05) is 25.3 Å². The van der Waals surface area contributed by atoms with Crippen LogP contribution < -0.4 is 0 Å². The lowest BCUT2D eigenvalue weighted by Crippen LogP contribution is -2.29. The van der Waals surface area contributed by atoms with Crippen LogP contribution in [-0.4, -0.2) is 74.4 Å². The predicted molar refractivity (Wildman–Crippen MR) is 122 cm³/mol. The molecule has 0 aromatic heterocycles. The van der Waals surface area contributed by atoms with Crippen molar-refractivity contribution in [3.8, 4) is 0 Å². The molecule has 1 aliphatic rings. The van der Waals surface area contributed by atoms with Gasteiger partial charge in [0.25, 0.3) is 10.1 Å². The summed E-state index contributed by atoms with van der Waals surface area (Å²) >= 11 is 0. The first-order valence-corrected chi connectivity index (χ1v) is 13.6. The van der Waals surface area contributed by atoms with E-state index in [1.165, 1.54) is 11.4 Å². The maximum Gasteiger partial charge on any atom is 0.305 e. The Morgan fingerprint density at radius 2 is 1.84 bits per heavy atom. The van der Waals surface area contributed by atoms with E-state index in [0.29, 0.717) is 19.6 Å². The molecule has 1 aliphatic heterocycles. The number of benzene rings is 1. The molecule has 0 fully saturated rings. The molecule has 0 amide bonds. The van der Waals surface area contributed by atoms with Crippen LogP contribution >= 0.6 is 0 Å². The van der Waals surface area contributed by atoms with Gasteiger partial charge in [-0.25, -0.2) is 12.7 Å². The average molecular weight is 490 g/mol. The molecule has 0 bridgehead atoms. The third-order valence-electron chi connectivity index (χ3n) is 5.89. The fourth-order valence-electron chi connectivity index (χ4n) is 3.80. The van der Waals surface area contributed by atoms with Crippen LogP contribution in [0.3, 0.4) is 0 Å². The maximum atomic E-state index is 13.1. The molecule has 1 aromatic rings. The van der Waals surface area contributed by atoms with Crippen LogP contribution in [0.2, 0.25) is 0 Å². The highest BCUT2D eigenvalue weighted by atomic mass is 32.2. The lowest BCUT2D eigenvalue weighted by Gasteiger charge is -2.19. The number of carbonyl (C=O) groups is 1. The minimum Gasteiger partial charge on any atom is -0.466 e. The lowest BCUT2D eigenvalue weighted by atomic mass is 9.82. The van der Waals surface area contributed by atoms with E-state index in [4.69, 9.17) is 9.29 Å². The standard InChI is InChI=1S/C21H32N2O7S2/c1-6-30-20(24)9-7-12-22(5)32(28,29)17-10-11-19-18(15-17)21(3,4)16(2)23(19)13-8-14-31(25,26)27/h10-11,15H,6-9,12-14H2,1-5H3/p+1. The topological polar surface area (TPSA) is 121 Å². The molecule has 0 spiro atoms. The molecule has 0 saturated heterocycles. The zero-order valence-corrected chi connectivity index (χ0v) is 20.9. The van der Waals surface area contributed by atoms with Crippen molar-refractivity contribution in [3.05, 3.63) is 23.8 Å². The molecule has 0 unspecified atom stereocenters. The number of nitrogens with zero attached hydrogens (tertiary/aromatic N) is 2. The molecule has 1 heterocycles. The van der Waals surface area contributed by atoms with Crippen molar-refractivity contribution in [3.63, 3.8) is 0 Å². The minimum absolute atomic E-state index is 0.150. The van der Waals surface area contributed by atoms with Gasteiger partial charge in [0.2, 0.25) is 15.7 Å². The molecule has 0 radical (unpaired) electrons. The van der Waals surface area contributed by atoms with Crippen molar-refractivity contribution < 1.29 is 35.5 Å². The Morgan fingerprint density at radius 3 is 2.44 bits per heavy atom. The Morgan fingerprint density at radius 1 is 1.19 bits per heavy atom. The van der Waals surface area contributed by atoms with E-state index in [2.05, 4.69) is 0 Å². The summed E-state index contributed by atoms with van der Waals surface area (Å²) in [6.45, 7) is 8.51. The number of carbonyl (C=O) groups excluding carboxylic acids is 1. The summed E-state index contributed by atoms with van der Waals surface area (Å²) in [7, 11) is -6.31. The molecule has 9 nitrogen and oxygen atoms in total. The van der Waals surface area contributed by atoms with E-state index in [9.17, 15) is 21.6 Å². The molecule has 0 saturated carbocycles. The van der Waals surface area contributed by atoms with Gasteiger partial charge in [0.15, 0.2) is 5.71 Å². The second-order valence-electron chi connectivity index (χ2n) is 8.42. The third kappa shape index (κ3) is 5.94. The Balaban J connectivity index is 2.23. The van der Waals surface area contributed by atoms with E-state index in [0.717, 1.165) is 17.0 Å². The quantitative estimate of drug-likeness (QED) is 0.288. The lowest BCUT2D eigenvalue weighted by molar-refractivity contribution is -0.438. The first kappa shape index (κ1) is 26.4. The molecule has 180 valence electrons. The zero-order valence-electron chi connectivity index (χ0n) is 19.3. The summed E-state index contributed by atoms with van der Waals surface area (Å²) < 4.78 is 65.4. The monoisotopic (exact) mass is 489 g/mol. The molecular weight excluding hydrogens is 456 g/mol. The molecule has 2 rings (SSSR count). The number of hydrogen-bond donors (Lipinski definition) is 1. The van der Waals surface area contributed by atoms with Gasteiger partial charge in [-0.2, -0.15) is 13.0 Å². The summed E-state index contributed by atoms with van der Waals surface area (Å²) in [5.74, 6) is -0.687. The molecular formula is C21H33N2O7S2+. The van der Waals surface area contributed by atoms with Crippen molar-refractivity contribution in [2.45, 2.75) is 57.3 Å². The highest BCUT2D eigenvalue weighted by Crippen LogP contribution is 2.41. The predicted octanol–water partition coefficient (Wildman–Crippen LogP) is 2.32. The van der Waals surface area contributed by atoms with Gasteiger partial charge in [0.1, 0.15) is 6.54 Å². The number of rotatable bonds is 11. The molecule has 11 heteroatoms. The highest BCUT2D eigenvalue weighted by molar-refractivity contribution is 7.89. The second kappa shape index (κ2) is 9.98. The number of ether oxygens (including phenoxy) is 1. The fourth-order valence-corrected chi connectivity index (χ4v) is 5.53. The molecule has 0 aliphatic carbocycles. The number of fused-ring (bicyclic) bond motifs is 1. The van der Waals surface area contributed by atoms with Crippen LogP contribution in [0.5, 0.6) is 0 Å². The molecule has 32 heavy (non-hydrogen) atoms. The van der Waals surface area contributed by atoms with Crippen molar-refractivity contribution in [2.24, 2.45) is 0 Å². The largest absolute Gasteiger partial charge is 0.466 e. The van der Waals surface area contributed by atoms with Gasteiger partial charge in [-0.3, -0.25) is 9.35 Å². The summed E-state index contributed by atoms with van der Waals surface area (Å²) in [4.78, 5) is 11.7. The third-order valence-corrected chi connectivity index (χ3v) is 8.55. The zero-order chi connectivity index (χ0) is 24.3. The normalized spacial score (nSPS) is 15.8. The number of sulfonamides is 1. The molecule has 1 N–H and O–H groups in total. The Labute approximate surface area is 190 Å². The van der Waals surface area contributed by atoms with Crippen LogP contribution in [-0.2, 0) is 35.1 Å². The average Bonchev–Trinajstić information content (AvgIpc) is 2.87. The summed E-state index contributed by atoms with van der Waals surface area (Å²) in [5.41, 5.74) is 2.19. The summed E-state index contributed by atoms with van der Waals surface area (Å²) in [6.07, 6.45) is 0.756. The van der Waals surface area contributed by atoms with E-state index in [-0.39, 0.29) is 36.0 Å². The Kier molecular flexibility index (Phi) is 8.25. The Hall–Kier alpha value is -1.82. The van der Waals surface area contributed by atoms with E-state index >= 15 is 0 Å². The fraction of sp³-hybridized carbons (Fsp3) is 0.619. The van der Waals surface area contributed by atoms with Gasteiger partial charge >= 0.3 is 5.97 Å². The first-order valence-electron chi connectivity index (χ1n) is 10.5. The van der Waals surface area contributed by atoms with Gasteiger partial charge in [-0.15, -0.1) is 0 Å².